The molecule has 0 aliphatic carbocycles. The summed E-state index contributed by atoms with van der Waals surface area (Å²) in [5.74, 6) is -0.904. The van der Waals surface area contributed by atoms with Crippen LogP contribution in [0, 0.1) is 24.1 Å². The molecule has 0 N–H and O–H groups in total. The van der Waals surface area contributed by atoms with Gasteiger partial charge in [-0.15, -0.1) is 0 Å². The van der Waals surface area contributed by atoms with Crippen molar-refractivity contribution in [3.8, 4) is 6.07 Å². The van der Waals surface area contributed by atoms with Crippen molar-refractivity contribution in [3.63, 3.8) is 0 Å². The van der Waals surface area contributed by atoms with Gasteiger partial charge in [-0.2, -0.15) is 5.26 Å². The first-order valence-electron chi connectivity index (χ1n) is 11.1. The molecule has 0 radical (unpaired) electrons. The van der Waals surface area contributed by atoms with Crippen LogP contribution in [-0.4, -0.2) is 20.6 Å². The van der Waals surface area contributed by atoms with Crippen molar-refractivity contribution < 1.29 is 14.0 Å². The Morgan fingerprint density at radius 3 is 2.56 bits per heavy atom. The molecule has 0 spiro atoms. The second-order valence-electron chi connectivity index (χ2n) is 8.37. The first-order chi connectivity index (χ1) is 17.4. The summed E-state index contributed by atoms with van der Waals surface area (Å²) in [5, 5.41) is 10.2. The lowest BCUT2D eigenvalue weighted by Gasteiger charge is -2.13. The van der Waals surface area contributed by atoms with Gasteiger partial charge in [0.2, 0.25) is 0 Å². The Hall–Kier alpha value is -3.86. The van der Waals surface area contributed by atoms with Gasteiger partial charge >= 0.3 is 0 Å². The highest BCUT2D eigenvalue weighted by molar-refractivity contribution is 8.18. The number of amides is 2. The third kappa shape index (κ3) is 4.30. The largest absolute Gasteiger partial charge is 0.340 e. The van der Waals surface area contributed by atoms with Crippen molar-refractivity contribution in [2.24, 2.45) is 0 Å². The lowest BCUT2D eigenvalue weighted by molar-refractivity contribution is -0.123. The van der Waals surface area contributed by atoms with Crippen LogP contribution in [0.1, 0.15) is 27.9 Å². The number of hydrogen-bond donors (Lipinski definition) is 0. The summed E-state index contributed by atoms with van der Waals surface area (Å²) < 4.78 is 15.5. The Bertz CT molecular complexity index is 1620. The number of thioether (sulfide) groups is 1. The van der Waals surface area contributed by atoms with E-state index >= 15 is 0 Å². The van der Waals surface area contributed by atoms with E-state index in [-0.39, 0.29) is 11.6 Å². The van der Waals surface area contributed by atoms with Crippen LogP contribution in [0.3, 0.4) is 0 Å². The third-order valence-electron chi connectivity index (χ3n) is 6.24. The highest BCUT2D eigenvalue weighted by Gasteiger charge is 2.35. The molecule has 0 unspecified atom stereocenters. The SMILES string of the molecule is Cc1c(/C=C2\SC(=O)N(Cc3ccc(F)cc3Cl)C2=O)c2ccccc2n1Cc1ccccc1C#N. The molecular weight excluding hydrogens is 497 g/mol. The summed E-state index contributed by atoms with van der Waals surface area (Å²) in [6.07, 6.45) is 1.75. The Labute approximate surface area is 216 Å². The van der Waals surface area contributed by atoms with Crippen molar-refractivity contribution in [1.82, 2.24) is 9.47 Å². The summed E-state index contributed by atoms with van der Waals surface area (Å²) in [6.45, 7) is 2.42. The van der Waals surface area contributed by atoms with E-state index in [0.29, 0.717) is 22.6 Å². The Balaban J connectivity index is 1.52. The number of nitrogens with zero attached hydrogens (tertiary/aromatic N) is 3. The van der Waals surface area contributed by atoms with Crippen LogP contribution in [-0.2, 0) is 17.9 Å². The molecule has 178 valence electrons. The number of rotatable bonds is 5. The number of imide groups is 1. The Morgan fingerprint density at radius 1 is 1.03 bits per heavy atom. The number of fused-ring (bicyclic) bond motifs is 1. The van der Waals surface area contributed by atoms with Gasteiger partial charge < -0.3 is 4.57 Å². The maximum atomic E-state index is 13.4. The molecule has 5 nitrogen and oxygen atoms in total. The molecule has 0 atom stereocenters. The molecule has 0 bridgehead atoms. The molecular formula is C28H19ClFN3O2S. The zero-order chi connectivity index (χ0) is 25.4. The molecule has 1 aliphatic rings. The molecule has 2 heterocycles. The number of aromatic nitrogens is 1. The van der Waals surface area contributed by atoms with Gasteiger partial charge in [0.15, 0.2) is 0 Å². The third-order valence-corrected chi connectivity index (χ3v) is 7.50. The Kier molecular flexibility index (Phi) is 6.40. The molecule has 4 aromatic rings. The molecule has 0 saturated carbocycles. The van der Waals surface area contributed by atoms with Crippen LogP contribution in [0.2, 0.25) is 5.02 Å². The van der Waals surface area contributed by atoms with Gasteiger partial charge in [-0.3, -0.25) is 14.5 Å². The summed E-state index contributed by atoms with van der Waals surface area (Å²) in [7, 11) is 0. The quantitative estimate of drug-likeness (QED) is 0.271. The van der Waals surface area contributed by atoms with E-state index in [0.717, 1.165) is 50.5 Å². The van der Waals surface area contributed by atoms with E-state index in [9.17, 15) is 19.2 Å². The van der Waals surface area contributed by atoms with Gasteiger partial charge in [-0.05, 0) is 60.2 Å². The second kappa shape index (κ2) is 9.65. The topological polar surface area (TPSA) is 66.1 Å². The summed E-state index contributed by atoms with van der Waals surface area (Å²) in [4.78, 5) is 27.3. The predicted molar refractivity (Wildman–Crippen MR) is 140 cm³/mol. The summed E-state index contributed by atoms with van der Waals surface area (Å²) in [5.41, 5.74) is 4.71. The average molecular weight is 516 g/mol. The van der Waals surface area contributed by atoms with Gasteiger partial charge in [0.1, 0.15) is 5.82 Å². The van der Waals surface area contributed by atoms with Gasteiger partial charge in [-0.1, -0.05) is 54.1 Å². The van der Waals surface area contributed by atoms with Gasteiger partial charge in [0.05, 0.1) is 23.1 Å². The minimum atomic E-state index is -0.484. The van der Waals surface area contributed by atoms with Crippen molar-refractivity contribution in [1.29, 1.82) is 5.26 Å². The highest BCUT2D eigenvalue weighted by atomic mass is 35.5. The average Bonchev–Trinajstić information content (AvgIpc) is 3.29. The number of carbonyl (C=O) groups excluding carboxylic acids is 2. The zero-order valence-electron chi connectivity index (χ0n) is 19.2. The van der Waals surface area contributed by atoms with Crippen LogP contribution >= 0.6 is 23.4 Å². The van der Waals surface area contributed by atoms with Crippen molar-refractivity contribution in [3.05, 3.63) is 110 Å². The number of halogens is 2. The standard InChI is InChI=1S/C28H19ClFN3O2S/c1-17-23(13-26-27(34)33(28(35)36-26)16-20-10-11-21(30)12-24(20)29)22-8-4-5-9-25(22)32(17)15-19-7-3-2-6-18(19)14-31/h2-13H,15-16H2,1H3/b26-13-. The zero-order valence-corrected chi connectivity index (χ0v) is 20.7. The van der Waals surface area contributed by atoms with E-state index < -0.39 is 17.0 Å². The summed E-state index contributed by atoms with van der Waals surface area (Å²) >= 11 is 6.98. The minimum absolute atomic E-state index is 0.0349. The van der Waals surface area contributed by atoms with E-state index in [4.69, 9.17) is 11.6 Å². The fourth-order valence-corrected chi connectivity index (χ4v) is 5.42. The molecule has 36 heavy (non-hydrogen) atoms. The molecule has 5 rings (SSSR count). The van der Waals surface area contributed by atoms with Crippen LogP contribution in [0.5, 0.6) is 0 Å². The normalized spacial score (nSPS) is 14.7. The lowest BCUT2D eigenvalue weighted by atomic mass is 10.1. The van der Waals surface area contributed by atoms with Crippen molar-refractivity contribution in [2.75, 3.05) is 0 Å². The monoisotopic (exact) mass is 515 g/mol. The Morgan fingerprint density at radius 2 is 1.78 bits per heavy atom. The molecule has 1 saturated heterocycles. The number of hydrogen-bond acceptors (Lipinski definition) is 4. The number of nitriles is 1. The smallest absolute Gasteiger partial charge is 0.293 e. The van der Waals surface area contributed by atoms with Gasteiger partial charge in [-0.25, -0.2) is 4.39 Å². The molecule has 3 aromatic carbocycles. The van der Waals surface area contributed by atoms with Crippen LogP contribution in [0.4, 0.5) is 9.18 Å². The number of para-hydroxylation sites is 1. The van der Waals surface area contributed by atoms with Gasteiger partial charge in [0.25, 0.3) is 11.1 Å². The second-order valence-corrected chi connectivity index (χ2v) is 9.78. The predicted octanol–water partition coefficient (Wildman–Crippen LogP) is 6.90. The fraction of sp³-hybridized carbons (Fsp3) is 0.107. The lowest BCUT2D eigenvalue weighted by Crippen LogP contribution is -2.27. The number of benzene rings is 3. The van der Waals surface area contributed by atoms with Crippen LogP contribution < -0.4 is 0 Å². The van der Waals surface area contributed by atoms with Crippen molar-refractivity contribution in [2.45, 2.75) is 20.0 Å². The fourth-order valence-electron chi connectivity index (χ4n) is 4.37. The maximum absolute atomic E-state index is 13.4. The molecule has 8 heteroatoms. The maximum Gasteiger partial charge on any atom is 0.293 e. The first-order valence-corrected chi connectivity index (χ1v) is 12.3. The van der Waals surface area contributed by atoms with E-state index in [1.54, 1.807) is 12.1 Å². The van der Waals surface area contributed by atoms with Crippen molar-refractivity contribution >= 4 is 51.5 Å². The van der Waals surface area contributed by atoms with Gasteiger partial charge in [0, 0.05) is 33.7 Å². The minimum Gasteiger partial charge on any atom is -0.340 e. The molecule has 1 aromatic heterocycles. The van der Waals surface area contributed by atoms with E-state index in [1.807, 2.05) is 49.4 Å². The highest BCUT2D eigenvalue weighted by Crippen LogP contribution is 2.37. The van der Waals surface area contributed by atoms with E-state index in [2.05, 4.69) is 10.6 Å². The van der Waals surface area contributed by atoms with E-state index in [1.165, 1.54) is 12.1 Å². The van der Waals surface area contributed by atoms with Crippen LogP contribution in [0.25, 0.3) is 17.0 Å². The number of carbonyl (C=O) groups is 2. The summed E-state index contributed by atoms with van der Waals surface area (Å²) in [6, 6.07) is 21.4. The molecule has 1 aliphatic heterocycles. The molecule has 1 fully saturated rings. The first kappa shape index (κ1) is 23.9. The molecule has 2 amide bonds. The van der Waals surface area contributed by atoms with Crippen LogP contribution in [0.15, 0.2) is 71.6 Å².